The molecule has 2 heterocycles. The quantitative estimate of drug-likeness (QED) is 0.879. The second-order valence-corrected chi connectivity index (χ2v) is 7.56. The summed E-state index contributed by atoms with van der Waals surface area (Å²) in [5, 5.41) is 3.33. The highest BCUT2D eigenvalue weighted by atomic mass is 32.2. The Kier molecular flexibility index (Phi) is 4.41. The molecular weight excluding hydrogens is 281 g/mol. The number of halogens is 1. The van der Waals surface area contributed by atoms with E-state index in [0.29, 0.717) is 0 Å². The standard InChI is InChI=1S/C13H20FN3O2S/c1-13(2)4-3-5-16-12(13)9-17-20(18,19)11-6-10(14)7-15-8-11/h6-8,12,16-17H,3-5,9H2,1-2H3. The summed E-state index contributed by atoms with van der Waals surface area (Å²) in [6.45, 7) is 5.40. The zero-order valence-corrected chi connectivity index (χ0v) is 12.5. The lowest BCUT2D eigenvalue weighted by atomic mass is 9.78. The summed E-state index contributed by atoms with van der Waals surface area (Å²) < 4.78 is 39.8. The van der Waals surface area contributed by atoms with Gasteiger partial charge in [-0.2, -0.15) is 0 Å². The topological polar surface area (TPSA) is 71.1 Å². The molecule has 1 saturated heterocycles. The summed E-state index contributed by atoms with van der Waals surface area (Å²) in [5.74, 6) is -0.663. The number of rotatable bonds is 4. The van der Waals surface area contributed by atoms with E-state index < -0.39 is 15.8 Å². The molecule has 1 fully saturated rings. The lowest BCUT2D eigenvalue weighted by molar-refractivity contribution is 0.181. The molecule has 1 atom stereocenters. The average Bonchev–Trinajstić information content (AvgIpc) is 2.37. The molecule has 2 N–H and O–H groups in total. The number of nitrogens with zero attached hydrogens (tertiary/aromatic N) is 1. The third kappa shape index (κ3) is 3.53. The third-order valence-corrected chi connectivity index (χ3v) is 5.19. The Labute approximate surface area is 119 Å². The third-order valence-electron chi connectivity index (χ3n) is 3.80. The second-order valence-electron chi connectivity index (χ2n) is 5.79. The van der Waals surface area contributed by atoms with Crippen LogP contribution in [-0.2, 0) is 10.0 Å². The van der Waals surface area contributed by atoms with E-state index in [4.69, 9.17) is 0 Å². The predicted octanol–water partition coefficient (Wildman–Crippen LogP) is 1.28. The van der Waals surface area contributed by atoms with Gasteiger partial charge in [0.2, 0.25) is 10.0 Å². The highest BCUT2D eigenvalue weighted by molar-refractivity contribution is 7.89. The molecule has 0 aliphatic carbocycles. The van der Waals surface area contributed by atoms with Crippen LogP contribution in [0.15, 0.2) is 23.4 Å². The number of aromatic nitrogens is 1. The van der Waals surface area contributed by atoms with E-state index in [1.165, 1.54) is 0 Å². The van der Waals surface area contributed by atoms with Crippen LogP contribution in [0.5, 0.6) is 0 Å². The predicted molar refractivity (Wildman–Crippen MR) is 74.2 cm³/mol. The molecule has 1 unspecified atom stereocenters. The van der Waals surface area contributed by atoms with E-state index in [9.17, 15) is 12.8 Å². The minimum Gasteiger partial charge on any atom is -0.312 e. The fraction of sp³-hybridized carbons (Fsp3) is 0.615. The van der Waals surface area contributed by atoms with Crippen molar-refractivity contribution in [2.24, 2.45) is 5.41 Å². The molecule has 0 spiro atoms. The van der Waals surface area contributed by atoms with Gasteiger partial charge in [0.1, 0.15) is 10.7 Å². The van der Waals surface area contributed by atoms with Crippen LogP contribution in [0.3, 0.4) is 0 Å². The van der Waals surface area contributed by atoms with E-state index in [2.05, 4.69) is 28.9 Å². The Morgan fingerprint density at radius 3 is 2.90 bits per heavy atom. The molecule has 1 aliphatic heterocycles. The van der Waals surface area contributed by atoms with Crippen LogP contribution >= 0.6 is 0 Å². The summed E-state index contributed by atoms with van der Waals surface area (Å²) in [6, 6.07) is 1.03. The summed E-state index contributed by atoms with van der Waals surface area (Å²) in [4.78, 5) is 3.42. The highest BCUT2D eigenvalue weighted by Gasteiger charge is 2.32. The molecule has 7 heteroatoms. The lowest BCUT2D eigenvalue weighted by Gasteiger charge is -2.39. The van der Waals surface area contributed by atoms with Gasteiger partial charge in [0.25, 0.3) is 0 Å². The Morgan fingerprint density at radius 1 is 1.50 bits per heavy atom. The van der Waals surface area contributed by atoms with Crippen LogP contribution in [0, 0.1) is 11.2 Å². The summed E-state index contributed by atoms with van der Waals surface area (Å²) >= 11 is 0. The molecule has 0 radical (unpaired) electrons. The molecule has 0 saturated carbocycles. The molecule has 20 heavy (non-hydrogen) atoms. The van der Waals surface area contributed by atoms with Crippen molar-refractivity contribution in [3.63, 3.8) is 0 Å². The zero-order chi connectivity index (χ0) is 14.8. The average molecular weight is 301 g/mol. The number of pyridine rings is 1. The first kappa shape index (κ1) is 15.3. The molecule has 0 aromatic carbocycles. The van der Waals surface area contributed by atoms with E-state index in [1.807, 2.05) is 0 Å². The maximum Gasteiger partial charge on any atom is 0.242 e. The van der Waals surface area contributed by atoms with Crippen molar-refractivity contribution in [1.29, 1.82) is 0 Å². The fourth-order valence-corrected chi connectivity index (χ4v) is 3.46. The summed E-state index contributed by atoms with van der Waals surface area (Å²) in [5.41, 5.74) is 0.0287. The normalized spacial score (nSPS) is 22.6. The maximum absolute atomic E-state index is 13.0. The van der Waals surface area contributed by atoms with Crippen LogP contribution in [0.1, 0.15) is 26.7 Å². The van der Waals surface area contributed by atoms with E-state index in [1.54, 1.807) is 0 Å². The molecule has 0 amide bonds. The van der Waals surface area contributed by atoms with Crippen molar-refractivity contribution in [1.82, 2.24) is 15.0 Å². The number of hydrogen-bond donors (Lipinski definition) is 2. The molecule has 1 aliphatic rings. The summed E-state index contributed by atoms with van der Waals surface area (Å²) in [6.07, 6.45) is 4.26. The Bertz CT molecular complexity index is 575. The van der Waals surface area contributed by atoms with Gasteiger partial charge in [-0.25, -0.2) is 17.5 Å². The first-order valence-corrected chi connectivity index (χ1v) is 8.13. The molecule has 1 aromatic heterocycles. The van der Waals surface area contributed by atoms with Crippen LogP contribution < -0.4 is 10.0 Å². The fourth-order valence-electron chi connectivity index (χ4n) is 2.43. The molecule has 2 rings (SSSR count). The summed E-state index contributed by atoms with van der Waals surface area (Å²) in [7, 11) is -3.72. The minimum atomic E-state index is -3.72. The highest BCUT2D eigenvalue weighted by Crippen LogP contribution is 2.29. The number of nitrogens with one attached hydrogen (secondary N) is 2. The Morgan fingerprint density at radius 2 is 2.25 bits per heavy atom. The van der Waals surface area contributed by atoms with Gasteiger partial charge in [-0.15, -0.1) is 0 Å². The number of piperidine rings is 1. The van der Waals surface area contributed by atoms with Crippen LogP contribution in [-0.4, -0.2) is 32.5 Å². The molecule has 0 bridgehead atoms. The number of sulfonamides is 1. The molecule has 112 valence electrons. The van der Waals surface area contributed by atoms with Gasteiger partial charge in [-0.3, -0.25) is 4.98 Å². The molecule has 5 nitrogen and oxygen atoms in total. The van der Waals surface area contributed by atoms with Crippen molar-refractivity contribution in [2.45, 2.75) is 37.6 Å². The van der Waals surface area contributed by atoms with Crippen molar-refractivity contribution in [2.75, 3.05) is 13.1 Å². The second kappa shape index (κ2) is 5.75. The Hall–Kier alpha value is -1.05. The smallest absolute Gasteiger partial charge is 0.242 e. The first-order valence-electron chi connectivity index (χ1n) is 6.65. The lowest BCUT2D eigenvalue weighted by Crippen LogP contribution is -2.52. The van der Waals surface area contributed by atoms with Crippen LogP contribution in [0.25, 0.3) is 0 Å². The van der Waals surface area contributed by atoms with Crippen LogP contribution in [0.4, 0.5) is 4.39 Å². The van der Waals surface area contributed by atoms with Gasteiger partial charge >= 0.3 is 0 Å². The number of hydrogen-bond acceptors (Lipinski definition) is 4. The first-order chi connectivity index (χ1) is 9.31. The largest absolute Gasteiger partial charge is 0.312 e. The zero-order valence-electron chi connectivity index (χ0n) is 11.7. The van der Waals surface area contributed by atoms with Gasteiger partial charge < -0.3 is 5.32 Å². The van der Waals surface area contributed by atoms with Crippen molar-refractivity contribution in [3.05, 3.63) is 24.3 Å². The minimum absolute atomic E-state index is 0.0287. The molecule has 1 aromatic rings. The van der Waals surface area contributed by atoms with Crippen molar-refractivity contribution >= 4 is 10.0 Å². The van der Waals surface area contributed by atoms with Gasteiger partial charge in [0.05, 0.1) is 6.20 Å². The van der Waals surface area contributed by atoms with Crippen molar-refractivity contribution in [3.8, 4) is 0 Å². The van der Waals surface area contributed by atoms with Crippen LogP contribution in [0.2, 0.25) is 0 Å². The van der Waals surface area contributed by atoms with E-state index >= 15 is 0 Å². The van der Waals surface area contributed by atoms with Crippen molar-refractivity contribution < 1.29 is 12.8 Å². The van der Waals surface area contributed by atoms with Gasteiger partial charge in [0.15, 0.2) is 0 Å². The maximum atomic E-state index is 13.0. The van der Waals surface area contributed by atoms with Gasteiger partial charge in [0, 0.05) is 18.8 Å². The molecular formula is C13H20FN3O2S. The van der Waals surface area contributed by atoms with Gasteiger partial charge in [-0.1, -0.05) is 13.8 Å². The monoisotopic (exact) mass is 301 g/mol. The van der Waals surface area contributed by atoms with Gasteiger partial charge in [-0.05, 0) is 30.9 Å². The van der Waals surface area contributed by atoms with E-state index in [-0.39, 0.29) is 22.9 Å². The Balaban J connectivity index is 2.06. The van der Waals surface area contributed by atoms with E-state index in [0.717, 1.165) is 37.8 Å². The SMILES string of the molecule is CC1(C)CCCNC1CNS(=O)(=O)c1cncc(F)c1.